The summed E-state index contributed by atoms with van der Waals surface area (Å²) in [7, 11) is 0. The fraction of sp³-hybridized carbons (Fsp3) is 0.0714. The Hall–Kier alpha value is -2.67. The largest absolute Gasteiger partial charge is 0.508 e. The van der Waals surface area contributed by atoms with Crippen LogP contribution in [-0.2, 0) is 0 Å². The summed E-state index contributed by atoms with van der Waals surface area (Å²) in [4.78, 5) is 17.3. The van der Waals surface area contributed by atoms with Crippen LogP contribution in [0.2, 0.25) is 0 Å². The van der Waals surface area contributed by atoms with Crippen LogP contribution in [0, 0.1) is 6.92 Å². The monoisotopic (exact) mass is 301 g/mol. The number of hydrogen-bond acceptors (Lipinski definition) is 6. The molecule has 2 aromatic heterocycles. The SMILES string of the molecule is Cc1nc2sccc2c(=O)n1/N=C/c1ccc(O)cc1O. The number of aromatic nitrogens is 2. The average Bonchev–Trinajstić information content (AvgIpc) is 2.89. The minimum atomic E-state index is -0.256. The lowest BCUT2D eigenvalue weighted by Gasteiger charge is -2.03. The molecule has 0 radical (unpaired) electrons. The topological polar surface area (TPSA) is 87.7 Å². The molecular formula is C14H11N3O3S. The summed E-state index contributed by atoms with van der Waals surface area (Å²) in [5, 5.41) is 25.3. The molecule has 21 heavy (non-hydrogen) atoms. The maximum absolute atomic E-state index is 12.3. The van der Waals surface area contributed by atoms with Crippen molar-refractivity contribution in [2.75, 3.05) is 0 Å². The molecule has 0 amide bonds. The van der Waals surface area contributed by atoms with Gasteiger partial charge in [-0.15, -0.1) is 11.3 Å². The highest BCUT2D eigenvalue weighted by molar-refractivity contribution is 7.16. The molecular weight excluding hydrogens is 290 g/mol. The predicted molar refractivity (Wildman–Crippen MR) is 81.4 cm³/mol. The van der Waals surface area contributed by atoms with E-state index in [4.69, 9.17) is 0 Å². The first-order valence-electron chi connectivity index (χ1n) is 6.09. The van der Waals surface area contributed by atoms with Gasteiger partial charge in [0.25, 0.3) is 5.56 Å². The quantitative estimate of drug-likeness (QED) is 0.709. The zero-order chi connectivity index (χ0) is 15.0. The van der Waals surface area contributed by atoms with Crippen LogP contribution >= 0.6 is 11.3 Å². The van der Waals surface area contributed by atoms with Crippen molar-refractivity contribution in [3.05, 3.63) is 51.4 Å². The number of phenolic OH excluding ortho intramolecular Hbond substituents is 2. The van der Waals surface area contributed by atoms with Crippen LogP contribution in [0.5, 0.6) is 11.5 Å². The molecule has 6 nitrogen and oxygen atoms in total. The van der Waals surface area contributed by atoms with E-state index >= 15 is 0 Å². The molecule has 0 aliphatic heterocycles. The minimum absolute atomic E-state index is 0.0423. The Morgan fingerprint density at radius 3 is 2.90 bits per heavy atom. The van der Waals surface area contributed by atoms with Gasteiger partial charge in [0.1, 0.15) is 22.2 Å². The number of nitrogens with zero attached hydrogens (tertiary/aromatic N) is 3. The van der Waals surface area contributed by atoms with Crippen molar-refractivity contribution < 1.29 is 10.2 Å². The summed E-state index contributed by atoms with van der Waals surface area (Å²) in [6.45, 7) is 1.69. The van der Waals surface area contributed by atoms with Gasteiger partial charge in [-0.2, -0.15) is 9.78 Å². The highest BCUT2D eigenvalue weighted by atomic mass is 32.1. The Labute approximate surface area is 123 Å². The zero-order valence-electron chi connectivity index (χ0n) is 11.0. The third-order valence-corrected chi connectivity index (χ3v) is 3.77. The lowest BCUT2D eigenvalue weighted by molar-refractivity contribution is 0.450. The normalized spacial score (nSPS) is 11.5. The van der Waals surface area contributed by atoms with Crippen molar-refractivity contribution >= 4 is 27.8 Å². The fourth-order valence-corrected chi connectivity index (χ4v) is 2.70. The molecule has 0 unspecified atom stereocenters. The number of hydrogen-bond donors (Lipinski definition) is 2. The van der Waals surface area contributed by atoms with Gasteiger partial charge in [0.15, 0.2) is 0 Å². The first-order chi connectivity index (χ1) is 10.1. The molecule has 0 aliphatic rings. The van der Waals surface area contributed by atoms with Gasteiger partial charge < -0.3 is 10.2 Å². The van der Waals surface area contributed by atoms with E-state index in [1.807, 2.05) is 0 Å². The predicted octanol–water partition coefficient (Wildman–Crippen LogP) is 2.06. The summed E-state index contributed by atoms with van der Waals surface area (Å²) < 4.78 is 1.18. The van der Waals surface area contributed by atoms with Gasteiger partial charge in [-0.25, -0.2) is 4.98 Å². The third-order valence-electron chi connectivity index (χ3n) is 2.96. The number of phenols is 2. The van der Waals surface area contributed by atoms with E-state index in [1.54, 1.807) is 18.4 Å². The molecule has 3 aromatic rings. The molecule has 2 N–H and O–H groups in total. The van der Waals surface area contributed by atoms with Crippen molar-refractivity contribution in [1.82, 2.24) is 9.66 Å². The molecule has 106 valence electrons. The number of thiophene rings is 1. The van der Waals surface area contributed by atoms with Gasteiger partial charge in [-0.05, 0) is 30.5 Å². The molecule has 0 spiro atoms. The van der Waals surface area contributed by atoms with E-state index in [0.717, 1.165) is 0 Å². The van der Waals surface area contributed by atoms with E-state index in [9.17, 15) is 15.0 Å². The second-order valence-electron chi connectivity index (χ2n) is 4.40. The molecule has 1 aromatic carbocycles. The average molecular weight is 301 g/mol. The molecule has 0 fully saturated rings. The van der Waals surface area contributed by atoms with Crippen molar-refractivity contribution in [1.29, 1.82) is 0 Å². The van der Waals surface area contributed by atoms with Crippen LogP contribution in [0.25, 0.3) is 10.2 Å². The summed E-state index contributed by atoms with van der Waals surface area (Å²) >= 11 is 1.40. The van der Waals surface area contributed by atoms with Crippen LogP contribution in [0.15, 0.2) is 39.5 Å². The first-order valence-corrected chi connectivity index (χ1v) is 6.97. The highest BCUT2D eigenvalue weighted by Gasteiger charge is 2.08. The van der Waals surface area contributed by atoms with Crippen molar-refractivity contribution in [3.8, 4) is 11.5 Å². The number of aryl methyl sites for hydroxylation is 1. The molecule has 0 saturated heterocycles. The minimum Gasteiger partial charge on any atom is -0.508 e. The fourth-order valence-electron chi connectivity index (χ4n) is 1.90. The number of benzene rings is 1. The van der Waals surface area contributed by atoms with E-state index in [1.165, 1.54) is 40.4 Å². The van der Waals surface area contributed by atoms with Gasteiger partial charge in [0.05, 0.1) is 11.6 Å². The van der Waals surface area contributed by atoms with Crippen molar-refractivity contribution in [3.63, 3.8) is 0 Å². The maximum atomic E-state index is 12.3. The van der Waals surface area contributed by atoms with Crippen LogP contribution in [-0.4, -0.2) is 26.1 Å². The van der Waals surface area contributed by atoms with Crippen molar-refractivity contribution in [2.24, 2.45) is 5.10 Å². The standard InChI is InChI=1S/C14H11N3O3S/c1-8-16-13-11(4-5-21-13)14(20)17(8)15-7-9-2-3-10(18)6-12(9)19/h2-7,18-19H,1H3/b15-7+. The molecule has 3 rings (SSSR count). The summed E-state index contributed by atoms with van der Waals surface area (Å²) in [6.07, 6.45) is 1.35. The van der Waals surface area contributed by atoms with Crippen LogP contribution in [0.1, 0.15) is 11.4 Å². The first kappa shape index (κ1) is 13.3. The van der Waals surface area contributed by atoms with E-state index < -0.39 is 0 Å². The number of fused-ring (bicyclic) bond motifs is 1. The van der Waals surface area contributed by atoms with Crippen LogP contribution in [0.3, 0.4) is 0 Å². The Bertz CT molecular complexity index is 911. The van der Waals surface area contributed by atoms with E-state index in [0.29, 0.717) is 21.6 Å². The van der Waals surface area contributed by atoms with Crippen LogP contribution < -0.4 is 5.56 Å². The Balaban J connectivity index is 2.09. The lowest BCUT2D eigenvalue weighted by atomic mass is 10.2. The summed E-state index contributed by atoms with van der Waals surface area (Å²) in [6, 6.07) is 5.85. The lowest BCUT2D eigenvalue weighted by Crippen LogP contribution is -2.19. The zero-order valence-corrected chi connectivity index (χ0v) is 11.8. The second kappa shape index (κ2) is 5.02. The molecule has 2 heterocycles. The molecule has 0 saturated carbocycles. The smallest absolute Gasteiger partial charge is 0.282 e. The van der Waals surface area contributed by atoms with Gasteiger partial charge in [-0.3, -0.25) is 4.79 Å². The summed E-state index contributed by atoms with van der Waals surface area (Å²) in [5.41, 5.74) is 0.137. The van der Waals surface area contributed by atoms with Crippen molar-refractivity contribution in [2.45, 2.75) is 6.92 Å². The third kappa shape index (κ3) is 2.38. The molecule has 0 aliphatic carbocycles. The van der Waals surface area contributed by atoms with Crippen LogP contribution in [0.4, 0.5) is 0 Å². The van der Waals surface area contributed by atoms with Gasteiger partial charge in [-0.1, -0.05) is 0 Å². The molecule has 0 bridgehead atoms. The second-order valence-corrected chi connectivity index (χ2v) is 5.30. The van der Waals surface area contributed by atoms with E-state index in [2.05, 4.69) is 10.1 Å². The van der Waals surface area contributed by atoms with Gasteiger partial charge in [0, 0.05) is 11.6 Å². The van der Waals surface area contributed by atoms with Gasteiger partial charge >= 0.3 is 0 Å². The highest BCUT2D eigenvalue weighted by Crippen LogP contribution is 2.21. The Morgan fingerprint density at radius 1 is 1.33 bits per heavy atom. The Kier molecular flexibility index (Phi) is 3.19. The van der Waals surface area contributed by atoms with E-state index in [-0.39, 0.29) is 17.1 Å². The maximum Gasteiger partial charge on any atom is 0.282 e. The molecule has 0 atom stereocenters. The number of rotatable bonds is 2. The number of aromatic hydroxyl groups is 2. The molecule has 7 heteroatoms. The van der Waals surface area contributed by atoms with Gasteiger partial charge in [0.2, 0.25) is 0 Å². The summed E-state index contributed by atoms with van der Waals surface area (Å²) in [5.74, 6) is 0.304. The Morgan fingerprint density at radius 2 is 2.14 bits per heavy atom.